The number of hydrogen-bond donors (Lipinski definition) is 3. The lowest BCUT2D eigenvalue weighted by Gasteiger charge is -2.36. The van der Waals surface area contributed by atoms with Crippen LogP contribution in [-0.4, -0.2) is 63.1 Å². The van der Waals surface area contributed by atoms with Crippen LogP contribution < -0.4 is 5.32 Å². The number of carbonyl (C=O) groups is 2. The first-order chi connectivity index (χ1) is 13.5. The number of aliphatic hydroxyl groups excluding tert-OH is 2. The first kappa shape index (κ1) is 21.7. The highest BCUT2D eigenvalue weighted by molar-refractivity contribution is 9.09. The summed E-state index contributed by atoms with van der Waals surface area (Å²) in [6.07, 6.45) is 3.42. The van der Waals surface area contributed by atoms with Crippen LogP contribution in [0.25, 0.3) is 0 Å². The highest BCUT2D eigenvalue weighted by atomic mass is 79.9. The Morgan fingerprint density at radius 1 is 1.25 bits per heavy atom. The SMILES string of the molecule is O=C(NCCc1cccs1)[C@H](O)[C@@H](O)C(=O)N1CCC[C@@H]1C1CCCC(Br)C1. The number of halogens is 1. The number of thiophene rings is 1. The molecule has 2 heterocycles. The molecule has 3 rings (SSSR count). The standard InChI is InChI=1S/C20H29BrN2O4S/c21-14-5-1-4-13(12-14)16-7-2-10-23(16)20(27)18(25)17(24)19(26)22-9-8-15-6-3-11-28-15/h3,6,11,13-14,16-18,24-25H,1-2,4-5,7-10,12H2,(H,22,26)/t13?,14?,16-,17-,18-/m1/s1. The lowest BCUT2D eigenvalue weighted by Crippen LogP contribution is -2.53. The molecule has 1 saturated carbocycles. The zero-order valence-corrected chi connectivity index (χ0v) is 18.3. The van der Waals surface area contributed by atoms with Gasteiger partial charge in [0.25, 0.3) is 11.8 Å². The van der Waals surface area contributed by atoms with Gasteiger partial charge in [0.15, 0.2) is 12.2 Å². The number of nitrogens with one attached hydrogen (secondary N) is 1. The molecule has 2 fully saturated rings. The van der Waals surface area contributed by atoms with E-state index >= 15 is 0 Å². The average Bonchev–Trinajstić information content (AvgIpc) is 3.38. The van der Waals surface area contributed by atoms with E-state index in [9.17, 15) is 19.8 Å². The van der Waals surface area contributed by atoms with E-state index in [0.717, 1.165) is 43.4 Å². The van der Waals surface area contributed by atoms with Crippen LogP contribution in [0.5, 0.6) is 0 Å². The van der Waals surface area contributed by atoms with Crippen LogP contribution >= 0.6 is 27.3 Å². The summed E-state index contributed by atoms with van der Waals surface area (Å²) in [6.45, 7) is 0.940. The van der Waals surface area contributed by atoms with Gasteiger partial charge in [-0.15, -0.1) is 11.3 Å². The number of aliphatic hydroxyl groups is 2. The topological polar surface area (TPSA) is 89.9 Å². The quantitative estimate of drug-likeness (QED) is 0.529. The van der Waals surface area contributed by atoms with Gasteiger partial charge < -0.3 is 20.4 Å². The van der Waals surface area contributed by atoms with Crippen molar-refractivity contribution < 1.29 is 19.8 Å². The van der Waals surface area contributed by atoms with Crippen LogP contribution in [0.3, 0.4) is 0 Å². The van der Waals surface area contributed by atoms with E-state index in [1.807, 2.05) is 17.5 Å². The Labute approximate surface area is 178 Å². The Bertz CT molecular complexity index is 657. The van der Waals surface area contributed by atoms with Crippen molar-refractivity contribution in [1.82, 2.24) is 10.2 Å². The Morgan fingerprint density at radius 2 is 2.07 bits per heavy atom. The summed E-state index contributed by atoms with van der Waals surface area (Å²) in [4.78, 5) is 28.3. The summed E-state index contributed by atoms with van der Waals surface area (Å²) < 4.78 is 0. The third-order valence-electron chi connectivity index (χ3n) is 5.85. The van der Waals surface area contributed by atoms with Crippen LogP contribution in [0.15, 0.2) is 17.5 Å². The monoisotopic (exact) mass is 472 g/mol. The van der Waals surface area contributed by atoms with Crippen molar-refractivity contribution in [3.8, 4) is 0 Å². The Kier molecular flexibility index (Phi) is 7.91. The van der Waals surface area contributed by atoms with E-state index in [1.165, 1.54) is 0 Å². The maximum absolute atomic E-state index is 12.8. The minimum atomic E-state index is -1.74. The van der Waals surface area contributed by atoms with Crippen molar-refractivity contribution in [2.75, 3.05) is 13.1 Å². The summed E-state index contributed by atoms with van der Waals surface area (Å²) in [5, 5.41) is 25.1. The number of nitrogens with zero attached hydrogens (tertiary/aromatic N) is 1. The van der Waals surface area contributed by atoms with E-state index in [2.05, 4.69) is 21.2 Å². The fourth-order valence-corrected chi connectivity index (χ4v) is 5.90. The molecule has 1 saturated heterocycles. The second-order valence-corrected chi connectivity index (χ2v) is 10.1. The molecule has 6 nitrogen and oxygen atoms in total. The van der Waals surface area contributed by atoms with Crippen molar-refractivity contribution in [3.63, 3.8) is 0 Å². The largest absolute Gasteiger partial charge is 0.380 e. The molecule has 1 aliphatic carbocycles. The predicted octanol–water partition coefficient (Wildman–Crippen LogP) is 2.07. The molecule has 8 heteroatoms. The number of amides is 2. The van der Waals surface area contributed by atoms with E-state index in [1.54, 1.807) is 16.2 Å². The molecule has 1 aliphatic heterocycles. The highest BCUT2D eigenvalue weighted by Gasteiger charge is 2.41. The third-order valence-corrected chi connectivity index (χ3v) is 7.62. The summed E-state index contributed by atoms with van der Waals surface area (Å²) in [6, 6.07) is 4.01. The minimum Gasteiger partial charge on any atom is -0.380 e. The normalized spacial score (nSPS) is 27.4. The third kappa shape index (κ3) is 5.34. The first-order valence-electron chi connectivity index (χ1n) is 10.1. The number of hydrogen-bond acceptors (Lipinski definition) is 5. The fraction of sp³-hybridized carbons (Fsp3) is 0.700. The van der Waals surface area contributed by atoms with Gasteiger partial charge in [0.2, 0.25) is 0 Å². The maximum atomic E-state index is 12.8. The zero-order valence-electron chi connectivity index (χ0n) is 15.9. The molecule has 1 aromatic rings. The number of carbonyl (C=O) groups excluding carboxylic acids is 2. The summed E-state index contributed by atoms with van der Waals surface area (Å²) >= 11 is 5.29. The number of rotatable bonds is 7. The van der Waals surface area contributed by atoms with Crippen LogP contribution in [0, 0.1) is 5.92 Å². The molecule has 2 unspecified atom stereocenters. The van der Waals surface area contributed by atoms with Crippen LogP contribution in [0.1, 0.15) is 43.4 Å². The first-order valence-corrected chi connectivity index (χ1v) is 11.9. The molecule has 0 bridgehead atoms. The predicted molar refractivity (Wildman–Crippen MR) is 112 cm³/mol. The number of likely N-dealkylation sites (tertiary alicyclic amines) is 1. The summed E-state index contributed by atoms with van der Waals surface area (Å²) in [7, 11) is 0. The minimum absolute atomic E-state index is 0.0941. The zero-order chi connectivity index (χ0) is 20.1. The van der Waals surface area contributed by atoms with Crippen LogP contribution in [0.4, 0.5) is 0 Å². The van der Waals surface area contributed by atoms with Crippen molar-refractivity contribution >= 4 is 39.1 Å². The van der Waals surface area contributed by atoms with Crippen molar-refractivity contribution in [3.05, 3.63) is 22.4 Å². The fourth-order valence-electron chi connectivity index (χ4n) is 4.39. The van der Waals surface area contributed by atoms with Gasteiger partial charge in [0.1, 0.15) is 0 Å². The molecule has 0 aromatic carbocycles. The molecule has 28 heavy (non-hydrogen) atoms. The van der Waals surface area contributed by atoms with Crippen molar-refractivity contribution in [2.45, 2.75) is 68.0 Å². The van der Waals surface area contributed by atoms with E-state index in [4.69, 9.17) is 0 Å². The maximum Gasteiger partial charge on any atom is 0.254 e. The Hall–Kier alpha value is -0.960. The molecule has 5 atom stereocenters. The van der Waals surface area contributed by atoms with E-state index < -0.39 is 24.0 Å². The van der Waals surface area contributed by atoms with Gasteiger partial charge in [-0.2, -0.15) is 0 Å². The summed E-state index contributed by atoms with van der Waals surface area (Å²) in [5.41, 5.74) is 0. The smallest absolute Gasteiger partial charge is 0.254 e. The van der Waals surface area contributed by atoms with Gasteiger partial charge in [-0.05, 0) is 55.9 Å². The van der Waals surface area contributed by atoms with E-state index in [-0.39, 0.29) is 6.04 Å². The molecular formula is C20H29BrN2O4S. The number of alkyl halides is 1. The molecule has 2 amide bonds. The summed E-state index contributed by atoms with van der Waals surface area (Å²) in [5.74, 6) is -0.819. The van der Waals surface area contributed by atoms with Crippen LogP contribution in [0.2, 0.25) is 0 Å². The van der Waals surface area contributed by atoms with Gasteiger partial charge in [-0.25, -0.2) is 0 Å². The molecular weight excluding hydrogens is 444 g/mol. The van der Waals surface area contributed by atoms with Gasteiger partial charge in [-0.1, -0.05) is 28.4 Å². The molecule has 0 radical (unpaired) electrons. The van der Waals surface area contributed by atoms with Gasteiger partial charge in [-0.3, -0.25) is 9.59 Å². The van der Waals surface area contributed by atoms with Gasteiger partial charge >= 0.3 is 0 Å². The molecule has 1 aromatic heterocycles. The Morgan fingerprint density at radius 3 is 2.79 bits per heavy atom. The average molecular weight is 473 g/mol. The molecule has 3 N–H and O–H groups in total. The second kappa shape index (κ2) is 10.2. The second-order valence-electron chi connectivity index (χ2n) is 7.78. The Balaban J connectivity index is 1.52. The van der Waals surface area contributed by atoms with Crippen molar-refractivity contribution in [2.24, 2.45) is 5.92 Å². The molecule has 0 spiro atoms. The van der Waals surface area contributed by atoms with Gasteiger partial charge in [0.05, 0.1) is 0 Å². The molecule has 2 aliphatic rings. The lowest BCUT2D eigenvalue weighted by molar-refractivity contribution is -0.154. The lowest BCUT2D eigenvalue weighted by atomic mass is 9.82. The van der Waals surface area contributed by atoms with Crippen LogP contribution in [-0.2, 0) is 16.0 Å². The molecule has 156 valence electrons. The van der Waals surface area contributed by atoms with Gasteiger partial charge in [0, 0.05) is 28.8 Å². The van der Waals surface area contributed by atoms with Crippen molar-refractivity contribution in [1.29, 1.82) is 0 Å². The van der Waals surface area contributed by atoms with E-state index in [0.29, 0.717) is 30.3 Å². The highest BCUT2D eigenvalue weighted by Crippen LogP contribution is 2.37.